The number of aromatic nitrogens is 4. The number of aryl methyl sites for hydroxylation is 3. The molecule has 5 rings (SSSR count). The number of nitrogens with one attached hydrogen (secondary N) is 3. The first-order valence-electron chi connectivity index (χ1n) is 12.4. The summed E-state index contributed by atoms with van der Waals surface area (Å²) in [7, 11) is 1.72. The van der Waals surface area contributed by atoms with Crippen LogP contribution in [0.1, 0.15) is 50.5 Å². The summed E-state index contributed by atoms with van der Waals surface area (Å²) in [6.45, 7) is 4.49. The third-order valence-electron chi connectivity index (χ3n) is 6.08. The van der Waals surface area contributed by atoms with Gasteiger partial charge in [0.2, 0.25) is 0 Å². The monoisotopic (exact) mass is 541 g/mol. The van der Waals surface area contributed by atoms with Crippen LogP contribution in [0.4, 0.5) is 16.4 Å². The van der Waals surface area contributed by atoms with Crippen molar-refractivity contribution in [1.29, 1.82) is 0 Å². The molecule has 4 aromatic heterocycles. The summed E-state index contributed by atoms with van der Waals surface area (Å²) in [6.07, 6.45) is 5.87. The van der Waals surface area contributed by atoms with E-state index in [9.17, 15) is 14.4 Å². The van der Waals surface area contributed by atoms with Gasteiger partial charge in [0.15, 0.2) is 0 Å². The number of fused-ring (bicyclic) bond motifs is 1. The van der Waals surface area contributed by atoms with Gasteiger partial charge < -0.3 is 25.1 Å². The van der Waals surface area contributed by atoms with E-state index >= 15 is 0 Å². The van der Waals surface area contributed by atoms with Crippen LogP contribution in [0.3, 0.4) is 0 Å². The van der Waals surface area contributed by atoms with Crippen molar-refractivity contribution in [3.05, 3.63) is 89.9 Å². The average Bonchev–Trinajstić information content (AvgIpc) is 3.62. The van der Waals surface area contributed by atoms with Crippen molar-refractivity contribution in [2.45, 2.75) is 26.8 Å². The predicted molar refractivity (Wildman–Crippen MR) is 153 cm³/mol. The summed E-state index contributed by atoms with van der Waals surface area (Å²) < 4.78 is 7.63. The lowest BCUT2D eigenvalue weighted by Crippen LogP contribution is -2.16. The maximum absolute atomic E-state index is 13.1. The fourth-order valence-corrected chi connectivity index (χ4v) is 4.91. The van der Waals surface area contributed by atoms with E-state index in [2.05, 4.69) is 25.3 Å². The minimum Gasteiger partial charge on any atom is -0.344 e. The number of rotatable bonds is 8. The Kier molecular flexibility index (Phi) is 7.24. The van der Waals surface area contributed by atoms with Crippen LogP contribution >= 0.6 is 11.5 Å². The van der Waals surface area contributed by atoms with Crippen molar-refractivity contribution >= 4 is 56.4 Å². The van der Waals surface area contributed by atoms with Gasteiger partial charge in [0.1, 0.15) is 22.1 Å². The van der Waals surface area contributed by atoms with Crippen LogP contribution in [0, 0.1) is 6.92 Å². The molecule has 0 atom stereocenters. The number of benzene rings is 1. The third kappa shape index (κ3) is 5.73. The quantitative estimate of drug-likeness (QED) is 0.246. The van der Waals surface area contributed by atoms with E-state index in [4.69, 9.17) is 0 Å². The topological polar surface area (TPSA) is 123 Å². The molecule has 0 saturated heterocycles. The molecular formula is C28H27N7O3S. The second kappa shape index (κ2) is 10.9. The Morgan fingerprint density at radius 1 is 0.872 bits per heavy atom. The van der Waals surface area contributed by atoms with Gasteiger partial charge >= 0.3 is 0 Å². The number of nitrogens with zero attached hydrogens (tertiary/aromatic N) is 4. The number of anilines is 3. The van der Waals surface area contributed by atoms with Crippen molar-refractivity contribution in [3.8, 4) is 0 Å². The maximum atomic E-state index is 13.1. The fourth-order valence-electron chi connectivity index (χ4n) is 4.25. The zero-order valence-electron chi connectivity index (χ0n) is 21.7. The van der Waals surface area contributed by atoms with Crippen LogP contribution in [0.5, 0.6) is 0 Å². The van der Waals surface area contributed by atoms with Crippen LogP contribution in [0.15, 0.2) is 67.1 Å². The number of pyridine rings is 1. The lowest BCUT2D eigenvalue weighted by Gasteiger charge is -2.06. The predicted octanol–water partition coefficient (Wildman–Crippen LogP) is 5.31. The Balaban J connectivity index is 1.29. The highest BCUT2D eigenvalue weighted by atomic mass is 32.1. The molecule has 0 aliphatic rings. The van der Waals surface area contributed by atoms with Gasteiger partial charge in [-0.3, -0.25) is 19.4 Å². The summed E-state index contributed by atoms with van der Waals surface area (Å²) in [5.74, 6) is -1.03. The molecule has 0 bridgehead atoms. The second-order valence-corrected chi connectivity index (χ2v) is 9.95. The van der Waals surface area contributed by atoms with Gasteiger partial charge in [-0.1, -0.05) is 31.2 Å². The summed E-state index contributed by atoms with van der Waals surface area (Å²) >= 11 is 1.22. The van der Waals surface area contributed by atoms with Crippen molar-refractivity contribution in [1.82, 2.24) is 18.5 Å². The van der Waals surface area contributed by atoms with Crippen molar-refractivity contribution in [3.63, 3.8) is 0 Å². The van der Waals surface area contributed by atoms with E-state index in [0.717, 1.165) is 22.9 Å². The minimum atomic E-state index is -0.375. The number of carbonyl (C=O) groups excluding carboxylic acids is 3. The molecule has 5 aromatic rings. The lowest BCUT2D eigenvalue weighted by molar-refractivity contribution is 0.101. The molecule has 0 aliphatic carbocycles. The standard InChI is InChI=1S/C28H27N7O3S/c1-4-9-35-16-21(13-24(35)28(38)32-25-10-17(2)33-39-25)31-27(37)23-12-20(15-34(23)3)30-26(36)22-11-18-7-5-6-8-19(18)14-29-22/h5-8,10-16H,4,9H2,1-3H3,(H,30,36)(H,31,37)(H,32,38). The van der Waals surface area contributed by atoms with Crippen LogP contribution < -0.4 is 16.0 Å². The Morgan fingerprint density at radius 3 is 2.31 bits per heavy atom. The van der Waals surface area contributed by atoms with Crippen molar-refractivity contribution in [2.75, 3.05) is 16.0 Å². The molecular weight excluding hydrogens is 514 g/mol. The SMILES string of the molecule is CCCn1cc(NC(=O)c2cc(NC(=O)c3cc4ccccc4cn3)cn2C)cc1C(=O)Nc1cc(C)ns1. The molecule has 0 spiro atoms. The normalized spacial score (nSPS) is 10.9. The smallest absolute Gasteiger partial charge is 0.274 e. The maximum Gasteiger partial charge on any atom is 0.274 e. The molecule has 3 N–H and O–H groups in total. The van der Waals surface area contributed by atoms with Crippen LogP contribution in [-0.2, 0) is 13.6 Å². The third-order valence-corrected chi connectivity index (χ3v) is 6.87. The van der Waals surface area contributed by atoms with Gasteiger partial charge in [-0.25, -0.2) is 0 Å². The molecule has 0 radical (unpaired) electrons. The molecule has 0 aliphatic heterocycles. The molecule has 198 valence electrons. The molecule has 11 heteroatoms. The van der Waals surface area contributed by atoms with E-state index in [1.165, 1.54) is 11.5 Å². The Morgan fingerprint density at radius 2 is 1.56 bits per heavy atom. The highest BCUT2D eigenvalue weighted by molar-refractivity contribution is 7.10. The van der Waals surface area contributed by atoms with Gasteiger partial charge in [-0.05, 0) is 54.5 Å². The average molecular weight is 542 g/mol. The summed E-state index contributed by atoms with van der Waals surface area (Å²) in [6, 6.07) is 14.4. The molecule has 10 nitrogen and oxygen atoms in total. The van der Waals surface area contributed by atoms with Crippen LogP contribution in [-0.4, -0.2) is 36.2 Å². The first kappa shape index (κ1) is 25.9. The van der Waals surface area contributed by atoms with E-state index < -0.39 is 0 Å². The first-order valence-corrected chi connectivity index (χ1v) is 13.2. The molecule has 1 aromatic carbocycles. The second-order valence-electron chi connectivity index (χ2n) is 9.14. The van der Waals surface area contributed by atoms with Gasteiger partial charge in [0, 0.05) is 37.6 Å². The van der Waals surface area contributed by atoms with E-state index in [1.54, 1.807) is 54.5 Å². The minimum absolute atomic E-state index is 0.278. The van der Waals surface area contributed by atoms with E-state index in [1.807, 2.05) is 42.7 Å². The molecule has 0 unspecified atom stereocenters. The van der Waals surface area contributed by atoms with E-state index in [-0.39, 0.29) is 23.4 Å². The molecule has 3 amide bonds. The number of hydrogen-bond acceptors (Lipinski definition) is 6. The largest absolute Gasteiger partial charge is 0.344 e. The van der Waals surface area contributed by atoms with Crippen molar-refractivity contribution in [2.24, 2.45) is 7.05 Å². The number of amides is 3. The fraction of sp³-hybridized carbons (Fsp3) is 0.179. The highest BCUT2D eigenvalue weighted by Crippen LogP contribution is 2.22. The molecule has 0 saturated carbocycles. The highest BCUT2D eigenvalue weighted by Gasteiger charge is 2.19. The van der Waals surface area contributed by atoms with Gasteiger partial charge in [-0.15, -0.1) is 0 Å². The number of hydrogen-bond donors (Lipinski definition) is 3. The Bertz CT molecular complexity index is 1700. The zero-order valence-corrected chi connectivity index (χ0v) is 22.5. The van der Waals surface area contributed by atoms with Crippen LogP contribution in [0.25, 0.3) is 10.8 Å². The summed E-state index contributed by atoms with van der Waals surface area (Å²) in [4.78, 5) is 43.1. The van der Waals surface area contributed by atoms with Crippen LogP contribution in [0.2, 0.25) is 0 Å². The van der Waals surface area contributed by atoms with Gasteiger partial charge in [0.05, 0.1) is 17.1 Å². The lowest BCUT2D eigenvalue weighted by atomic mass is 10.1. The van der Waals surface area contributed by atoms with Gasteiger partial charge in [-0.2, -0.15) is 4.37 Å². The zero-order chi connectivity index (χ0) is 27.5. The Labute approximate surface area is 228 Å². The summed E-state index contributed by atoms with van der Waals surface area (Å²) in [5.41, 5.74) is 2.84. The van der Waals surface area contributed by atoms with E-state index in [0.29, 0.717) is 34.3 Å². The number of carbonyl (C=O) groups is 3. The van der Waals surface area contributed by atoms with Gasteiger partial charge in [0.25, 0.3) is 17.7 Å². The summed E-state index contributed by atoms with van der Waals surface area (Å²) in [5, 5.41) is 11.1. The van der Waals surface area contributed by atoms with Crippen molar-refractivity contribution < 1.29 is 14.4 Å². The Hall–Kier alpha value is -4.77. The molecule has 0 fully saturated rings. The molecule has 39 heavy (non-hydrogen) atoms. The molecule has 4 heterocycles. The first-order chi connectivity index (χ1) is 18.8.